The predicted octanol–water partition coefficient (Wildman–Crippen LogP) is 0.785. The lowest BCUT2D eigenvalue weighted by atomic mass is 10.1. The van der Waals surface area contributed by atoms with E-state index in [1.807, 2.05) is 19.0 Å². The molecule has 8 heteroatoms. The molecule has 8 nitrogen and oxygen atoms in total. The van der Waals surface area contributed by atoms with Gasteiger partial charge in [0.2, 0.25) is 0 Å². The number of hydrogen-bond acceptors (Lipinski definition) is 8. The maximum absolute atomic E-state index is 11.6. The van der Waals surface area contributed by atoms with Gasteiger partial charge in [0, 0.05) is 18.7 Å². The van der Waals surface area contributed by atoms with E-state index in [2.05, 4.69) is 27.7 Å². The maximum Gasteiger partial charge on any atom is 0.305 e. The largest absolute Gasteiger partial charge is 0.466 e. The second kappa shape index (κ2) is 11.1. The third kappa shape index (κ3) is 5.90. The molecule has 2 rings (SSSR count). The van der Waals surface area contributed by atoms with Crippen molar-refractivity contribution in [1.29, 1.82) is 0 Å². The number of aliphatic hydroxyl groups is 1. The van der Waals surface area contributed by atoms with Crippen LogP contribution in [0.3, 0.4) is 0 Å². The molecule has 2 aliphatic heterocycles. The average molecular weight is 398 g/mol. The van der Waals surface area contributed by atoms with Crippen molar-refractivity contribution in [2.45, 2.75) is 64.5 Å². The van der Waals surface area contributed by atoms with Crippen molar-refractivity contribution in [3.8, 4) is 0 Å². The third-order valence-corrected chi connectivity index (χ3v) is 5.75. The highest BCUT2D eigenvalue weighted by Crippen LogP contribution is 2.29. The zero-order valence-electron chi connectivity index (χ0n) is 18.0. The molecule has 0 aromatic carbocycles. The first-order valence-corrected chi connectivity index (χ1v) is 10.6. The highest BCUT2D eigenvalue weighted by molar-refractivity contribution is 5.69. The molecule has 2 fully saturated rings. The van der Waals surface area contributed by atoms with Gasteiger partial charge in [0.1, 0.15) is 0 Å². The van der Waals surface area contributed by atoms with Crippen molar-refractivity contribution < 1.29 is 14.6 Å². The van der Waals surface area contributed by atoms with Crippen LogP contribution in [0.15, 0.2) is 11.8 Å². The molecule has 0 aromatic rings. The lowest BCUT2D eigenvalue weighted by molar-refractivity contribution is -0.143. The molecule has 0 spiro atoms. The molecule has 0 radical (unpaired) electrons. The summed E-state index contributed by atoms with van der Waals surface area (Å²) in [6, 6.07) is 0.0659. The number of aliphatic hydroxyl groups excluding tert-OH is 1. The summed E-state index contributed by atoms with van der Waals surface area (Å²) in [4.78, 5) is 20.2. The Hall–Kier alpha value is -1.19. The molecule has 0 aliphatic carbocycles. The summed E-state index contributed by atoms with van der Waals surface area (Å²) >= 11 is 0. The summed E-state index contributed by atoms with van der Waals surface area (Å²) in [5.41, 5.74) is 7.46. The Balaban J connectivity index is 1.99. The van der Waals surface area contributed by atoms with Crippen molar-refractivity contribution in [1.82, 2.24) is 19.6 Å². The number of carbonyl (C=O) groups excluding carboxylic acids is 1. The van der Waals surface area contributed by atoms with Crippen molar-refractivity contribution in [2.24, 2.45) is 5.73 Å². The van der Waals surface area contributed by atoms with Gasteiger partial charge < -0.3 is 20.5 Å². The van der Waals surface area contributed by atoms with Gasteiger partial charge >= 0.3 is 5.97 Å². The Labute approximate surface area is 169 Å². The highest BCUT2D eigenvalue weighted by Gasteiger charge is 2.41. The van der Waals surface area contributed by atoms with Crippen molar-refractivity contribution in [3.63, 3.8) is 0 Å². The molecule has 0 aromatic heterocycles. The number of allylic oxidation sites excluding steroid dienone is 1. The molecule has 3 unspecified atom stereocenters. The predicted molar refractivity (Wildman–Crippen MR) is 110 cm³/mol. The van der Waals surface area contributed by atoms with Crippen LogP contribution in [0.5, 0.6) is 0 Å². The smallest absolute Gasteiger partial charge is 0.305 e. The third-order valence-electron chi connectivity index (χ3n) is 5.75. The first-order chi connectivity index (χ1) is 13.4. The molecule has 0 amide bonds. The summed E-state index contributed by atoms with van der Waals surface area (Å²) in [5.74, 6) is -0.205. The Bertz CT molecular complexity index is 524. The van der Waals surface area contributed by atoms with E-state index in [1.54, 1.807) is 6.92 Å². The Kier molecular flexibility index (Phi) is 9.17. The number of ether oxygens (including phenoxy) is 1. The number of nitrogens with zero attached hydrogens (tertiary/aromatic N) is 4. The molecule has 3 atom stereocenters. The fourth-order valence-electron chi connectivity index (χ4n) is 4.02. The monoisotopic (exact) mass is 397 g/mol. The quantitative estimate of drug-likeness (QED) is 0.413. The standard InChI is InChI=1S/C20H39N5O3/c1-5-9-16-17(14-22(3)18(21)10-11-19(26)28-6-2)23(4)20(27)25(16)15-24-12-7-8-13-24/h9,17-18,20,27H,5-8,10-15,21H2,1-4H3/b16-9+. The second-order valence-electron chi connectivity index (χ2n) is 7.85. The average Bonchev–Trinajstić information content (AvgIpc) is 3.25. The molecule has 2 heterocycles. The molecule has 28 heavy (non-hydrogen) atoms. The fraction of sp³-hybridized carbons (Fsp3) is 0.850. The number of carbonyl (C=O) groups is 1. The number of esters is 1. The highest BCUT2D eigenvalue weighted by atomic mass is 16.5. The molecule has 3 N–H and O–H groups in total. The van der Waals surface area contributed by atoms with E-state index in [1.165, 1.54) is 12.8 Å². The number of hydrogen-bond donors (Lipinski definition) is 2. The molecule has 2 saturated heterocycles. The maximum atomic E-state index is 11.6. The van der Waals surface area contributed by atoms with Crippen molar-refractivity contribution in [2.75, 3.05) is 47.0 Å². The van der Waals surface area contributed by atoms with Gasteiger partial charge in [-0.2, -0.15) is 0 Å². The molecule has 0 bridgehead atoms. The lowest BCUT2D eigenvalue weighted by Gasteiger charge is -2.30. The van der Waals surface area contributed by atoms with Gasteiger partial charge in [0.15, 0.2) is 6.35 Å². The minimum Gasteiger partial charge on any atom is -0.466 e. The van der Waals surface area contributed by atoms with Gasteiger partial charge in [-0.15, -0.1) is 0 Å². The number of likely N-dealkylation sites (N-methyl/N-ethyl adjacent to an activating group) is 2. The lowest BCUT2D eigenvalue weighted by Crippen LogP contribution is -2.47. The Morgan fingerprint density at radius 1 is 1.39 bits per heavy atom. The molecule has 2 aliphatic rings. The summed E-state index contributed by atoms with van der Waals surface area (Å²) in [6.07, 6.45) is 5.60. The SMILES string of the molecule is CC/C=C1\C(CN(C)C(N)CCC(=O)OCC)N(C)C(O)N1CN1CCCC1. The van der Waals surface area contributed by atoms with Gasteiger partial charge in [0.05, 0.1) is 25.5 Å². The number of likely N-dealkylation sites (tertiary alicyclic amines) is 1. The van der Waals surface area contributed by atoms with Crippen molar-refractivity contribution >= 4 is 5.97 Å². The van der Waals surface area contributed by atoms with E-state index in [4.69, 9.17) is 10.5 Å². The van der Waals surface area contributed by atoms with Gasteiger partial charge in [-0.05, 0) is 59.8 Å². The van der Waals surface area contributed by atoms with Crippen LogP contribution >= 0.6 is 0 Å². The Morgan fingerprint density at radius 2 is 2.07 bits per heavy atom. The molecule has 162 valence electrons. The normalized spacial score (nSPS) is 26.5. The summed E-state index contributed by atoms with van der Waals surface area (Å²) < 4.78 is 4.99. The fourth-order valence-corrected chi connectivity index (χ4v) is 4.02. The summed E-state index contributed by atoms with van der Waals surface area (Å²) in [5, 5.41) is 10.8. The van der Waals surface area contributed by atoms with E-state index in [9.17, 15) is 9.90 Å². The molecular weight excluding hydrogens is 358 g/mol. The summed E-state index contributed by atoms with van der Waals surface area (Å²) in [7, 11) is 3.93. The zero-order chi connectivity index (χ0) is 20.7. The second-order valence-corrected chi connectivity index (χ2v) is 7.85. The Morgan fingerprint density at radius 3 is 2.68 bits per heavy atom. The van der Waals surface area contributed by atoms with Crippen LogP contribution in [0.4, 0.5) is 0 Å². The van der Waals surface area contributed by atoms with E-state index in [0.717, 1.165) is 31.9 Å². The zero-order valence-corrected chi connectivity index (χ0v) is 18.0. The minimum atomic E-state index is -0.632. The molecule has 0 saturated carbocycles. The summed E-state index contributed by atoms with van der Waals surface area (Å²) in [6.45, 7) is 7.96. The number of rotatable bonds is 10. The van der Waals surface area contributed by atoms with E-state index < -0.39 is 6.35 Å². The van der Waals surface area contributed by atoms with Gasteiger partial charge in [-0.1, -0.05) is 13.0 Å². The van der Waals surface area contributed by atoms with Crippen LogP contribution in [0.25, 0.3) is 0 Å². The van der Waals surface area contributed by atoms with Crippen LogP contribution in [0.1, 0.15) is 46.0 Å². The van der Waals surface area contributed by atoms with Crippen LogP contribution < -0.4 is 5.73 Å². The minimum absolute atomic E-state index is 0.0659. The van der Waals surface area contributed by atoms with E-state index >= 15 is 0 Å². The van der Waals surface area contributed by atoms with Crippen LogP contribution in [0.2, 0.25) is 0 Å². The van der Waals surface area contributed by atoms with E-state index in [0.29, 0.717) is 26.0 Å². The molecular formula is C20H39N5O3. The van der Waals surface area contributed by atoms with Crippen LogP contribution in [0, 0.1) is 0 Å². The number of nitrogens with two attached hydrogens (primary N) is 1. The topological polar surface area (TPSA) is 85.5 Å². The van der Waals surface area contributed by atoms with E-state index in [-0.39, 0.29) is 18.2 Å². The first kappa shape index (κ1) is 23.1. The van der Waals surface area contributed by atoms with Crippen LogP contribution in [-0.2, 0) is 9.53 Å². The first-order valence-electron chi connectivity index (χ1n) is 10.6. The van der Waals surface area contributed by atoms with Crippen molar-refractivity contribution in [3.05, 3.63) is 11.8 Å². The van der Waals surface area contributed by atoms with Gasteiger partial charge in [-0.25, -0.2) is 0 Å². The van der Waals surface area contributed by atoms with Crippen LogP contribution in [-0.4, -0.2) is 96.2 Å². The van der Waals surface area contributed by atoms with Gasteiger partial charge in [0.25, 0.3) is 0 Å². The van der Waals surface area contributed by atoms with Gasteiger partial charge in [-0.3, -0.25) is 19.5 Å².